The Labute approximate surface area is 82.3 Å². The summed E-state index contributed by atoms with van der Waals surface area (Å²) in [4.78, 5) is 0. The molecule has 0 saturated heterocycles. The van der Waals surface area contributed by atoms with E-state index in [9.17, 15) is 4.39 Å². The first-order chi connectivity index (χ1) is 6.69. The van der Waals surface area contributed by atoms with E-state index in [0.717, 1.165) is 5.56 Å². The number of halogens is 1. The summed E-state index contributed by atoms with van der Waals surface area (Å²) in [5.74, 6) is -0.233. The largest absolute Gasteiger partial charge is 0.494 e. The van der Waals surface area contributed by atoms with Gasteiger partial charge in [0.05, 0.1) is 7.11 Å². The molecule has 3 nitrogen and oxygen atoms in total. The van der Waals surface area contributed by atoms with Crippen molar-refractivity contribution in [3.05, 3.63) is 29.6 Å². The first-order valence-electron chi connectivity index (χ1n) is 4.39. The summed E-state index contributed by atoms with van der Waals surface area (Å²) >= 11 is 0. The van der Waals surface area contributed by atoms with Crippen LogP contribution in [0.25, 0.3) is 0 Å². The number of hydrogen-bond donors (Lipinski definition) is 2. The maximum atomic E-state index is 13.0. The fraction of sp³-hybridized carbons (Fsp3) is 0.400. The molecule has 0 aliphatic carbocycles. The Bertz CT molecular complexity index is 304. The summed E-state index contributed by atoms with van der Waals surface area (Å²) < 4.78 is 17.8. The Kier molecular flexibility index (Phi) is 3.85. The van der Waals surface area contributed by atoms with Crippen molar-refractivity contribution in [3.63, 3.8) is 0 Å². The molecular weight excluding hydrogens is 185 g/mol. The first kappa shape index (κ1) is 10.9. The second kappa shape index (κ2) is 4.93. The minimum Gasteiger partial charge on any atom is -0.494 e. The van der Waals surface area contributed by atoms with Crippen LogP contribution in [0.15, 0.2) is 18.2 Å². The van der Waals surface area contributed by atoms with Gasteiger partial charge in [0.2, 0.25) is 0 Å². The molecule has 4 heteroatoms. The Morgan fingerprint density at radius 2 is 2.29 bits per heavy atom. The zero-order valence-corrected chi connectivity index (χ0v) is 8.03. The number of nitrogens with two attached hydrogens (primary N) is 1. The second-order valence-corrected chi connectivity index (χ2v) is 3.01. The highest BCUT2D eigenvalue weighted by Crippen LogP contribution is 2.22. The fourth-order valence-corrected chi connectivity index (χ4v) is 1.21. The van der Waals surface area contributed by atoms with Crippen LogP contribution in [0, 0.1) is 5.82 Å². The molecule has 0 heterocycles. The van der Waals surface area contributed by atoms with Crippen molar-refractivity contribution >= 4 is 0 Å². The number of benzene rings is 1. The molecule has 0 radical (unpaired) electrons. The number of methoxy groups -OCH3 is 1. The van der Waals surface area contributed by atoms with Crippen LogP contribution in [0.5, 0.6) is 5.75 Å². The molecule has 0 aromatic heterocycles. The Balaban J connectivity index is 2.88. The molecule has 0 fully saturated rings. The average Bonchev–Trinajstić information content (AvgIpc) is 2.19. The van der Waals surface area contributed by atoms with Gasteiger partial charge in [-0.15, -0.1) is 0 Å². The van der Waals surface area contributed by atoms with Crippen LogP contribution in [-0.4, -0.2) is 18.8 Å². The smallest absolute Gasteiger partial charge is 0.165 e. The maximum absolute atomic E-state index is 13.0. The molecule has 0 saturated carbocycles. The number of ether oxygens (including phenoxy) is 1. The molecule has 0 spiro atoms. The zero-order valence-electron chi connectivity index (χ0n) is 8.03. The third-order valence-electron chi connectivity index (χ3n) is 2.04. The summed E-state index contributed by atoms with van der Waals surface area (Å²) in [5.41, 5.74) is 6.50. The second-order valence-electron chi connectivity index (χ2n) is 3.01. The van der Waals surface area contributed by atoms with Gasteiger partial charge in [-0.3, -0.25) is 0 Å². The predicted octanol–water partition coefficient (Wildman–Crippen LogP) is 1.22. The highest BCUT2D eigenvalue weighted by atomic mass is 19.1. The molecule has 1 atom stereocenters. The van der Waals surface area contributed by atoms with Gasteiger partial charge in [0.25, 0.3) is 0 Å². The molecule has 1 aromatic carbocycles. The Morgan fingerprint density at radius 1 is 1.57 bits per heavy atom. The number of hydrogen-bond acceptors (Lipinski definition) is 3. The van der Waals surface area contributed by atoms with Gasteiger partial charge in [-0.05, 0) is 24.1 Å². The van der Waals surface area contributed by atoms with Gasteiger partial charge in [0.1, 0.15) is 0 Å². The first-order valence-corrected chi connectivity index (χ1v) is 4.39. The van der Waals surface area contributed by atoms with E-state index in [1.165, 1.54) is 13.2 Å². The summed E-state index contributed by atoms with van der Waals surface area (Å²) in [6.45, 7) is 0.0147. The summed E-state index contributed by atoms with van der Waals surface area (Å²) in [6, 6.07) is 4.17. The molecule has 78 valence electrons. The zero-order chi connectivity index (χ0) is 10.6. The van der Waals surface area contributed by atoms with E-state index in [4.69, 9.17) is 15.6 Å². The van der Waals surface area contributed by atoms with Gasteiger partial charge in [0, 0.05) is 12.6 Å². The minimum absolute atomic E-state index is 0.0147. The van der Waals surface area contributed by atoms with Crippen LogP contribution < -0.4 is 10.5 Å². The van der Waals surface area contributed by atoms with Crippen LogP contribution >= 0.6 is 0 Å². The van der Waals surface area contributed by atoms with Crippen LogP contribution in [0.3, 0.4) is 0 Å². The highest BCUT2D eigenvalue weighted by molar-refractivity contribution is 5.31. The van der Waals surface area contributed by atoms with Gasteiger partial charge in [-0.25, -0.2) is 4.39 Å². The molecule has 3 N–H and O–H groups in total. The molecule has 1 rings (SSSR count). The average molecular weight is 199 g/mol. The normalized spacial score (nSPS) is 12.6. The number of aliphatic hydroxyl groups excluding tert-OH is 1. The van der Waals surface area contributed by atoms with Gasteiger partial charge < -0.3 is 15.6 Å². The SMILES string of the molecule is COc1cc([C@H](N)CCO)ccc1F. The molecular formula is C10H14FNO2. The van der Waals surface area contributed by atoms with Crippen molar-refractivity contribution in [1.29, 1.82) is 0 Å². The highest BCUT2D eigenvalue weighted by Gasteiger charge is 2.09. The molecule has 0 amide bonds. The summed E-state index contributed by atoms with van der Waals surface area (Å²) in [6.07, 6.45) is 0.453. The lowest BCUT2D eigenvalue weighted by Gasteiger charge is -2.11. The van der Waals surface area contributed by atoms with Crippen molar-refractivity contribution in [2.24, 2.45) is 5.73 Å². The van der Waals surface area contributed by atoms with Crippen molar-refractivity contribution in [1.82, 2.24) is 0 Å². The third-order valence-corrected chi connectivity index (χ3v) is 2.04. The van der Waals surface area contributed by atoms with Crippen LogP contribution in [0.2, 0.25) is 0 Å². The van der Waals surface area contributed by atoms with Gasteiger partial charge in [-0.1, -0.05) is 6.07 Å². The van der Waals surface area contributed by atoms with Gasteiger partial charge in [0.15, 0.2) is 11.6 Å². The maximum Gasteiger partial charge on any atom is 0.165 e. The van der Waals surface area contributed by atoms with Crippen molar-refractivity contribution in [2.45, 2.75) is 12.5 Å². The number of aliphatic hydroxyl groups is 1. The Hall–Kier alpha value is -1.13. The monoisotopic (exact) mass is 199 g/mol. The molecule has 0 aliphatic rings. The fourth-order valence-electron chi connectivity index (χ4n) is 1.21. The lowest BCUT2D eigenvalue weighted by molar-refractivity contribution is 0.276. The lowest BCUT2D eigenvalue weighted by Crippen LogP contribution is -2.12. The number of rotatable bonds is 4. The minimum atomic E-state index is -0.410. The molecule has 1 aromatic rings. The summed E-state index contributed by atoms with van der Waals surface area (Å²) in [7, 11) is 1.40. The van der Waals surface area contributed by atoms with Crippen molar-refractivity contribution in [2.75, 3.05) is 13.7 Å². The van der Waals surface area contributed by atoms with E-state index in [1.54, 1.807) is 12.1 Å². The van der Waals surface area contributed by atoms with Crippen molar-refractivity contribution < 1.29 is 14.2 Å². The summed E-state index contributed by atoms with van der Waals surface area (Å²) in [5, 5.41) is 8.69. The van der Waals surface area contributed by atoms with E-state index in [1.807, 2.05) is 0 Å². The van der Waals surface area contributed by atoms with E-state index in [2.05, 4.69) is 0 Å². The van der Waals surface area contributed by atoms with E-state index in [-0.39, 0.29) is 18.4 Å². The lowest BCUT2D eigenvalue weighted by atomic mass is 10.0. The van der Waals surface area contributed by atoms with E-state index >= 15 is 0 Å². The van der Waals surface area contributed by atoms with E-state index in [0.29, 0.717) is 6.42 Å². The van der Waals surface area contributed by atoms with Crippen LogP contribution in [-0.2, 0) is 0 Å². The quantitative estimate of drug-likeness (QED) is 0.766. The molecule has 14 heavy (non-hydrogen) atoms. The van der Waals surface area contributed by atoms with E-state index < -0.39 is 5.82 Å². The van der Waals surface area contributed by atoms with Crippen LogP contribution in [0.1, 0.15) is 18.0 Å². The Morgan fingerprint density at radius 3 is 2.86 bits per heavy atom. The van der Waals surface area contributed by atoms with Gasteiger partial charge >= 0.3 is 0 Å². The third kappa shape index (κ3) is 2.43. The van der Waals surface area contributed by atoms with Gasteiger partial charge in [-0.2, -0.15) is 0 Å². The predicted molar refractivity (Wildman–Crippen MR) is 51.6 cm³/mol. The standard InChI is InChI=1S/C10H14FNO2/c1-14-10-6-7(2-3-8(10)11)9(12)4-5-13/h2-3,6,9,13H,4-5,12H2,1H3/t9-/m1/s1. The topological polar surface area (TPSA) is 55.5 Å². The van der Waals surface area contributed by atoms with Crippen LogP contribution in [0.4, 0.5) is 4.39 Å². The molecule has 0 bridgehead atoms. The van der Waals surface area contributed by atoms with Crippen molar-refractivity contribution in [3.8, 4) is 5.75 Å². The molecule has 0 aliphatic heterocycles. The molecule has 0 unspecified atom stereocenters.